The number of para-hydroxylation sites is 1. The maximum Gasteiger partial charge on any atom is 0.236 e. The minimum atomic E-state index is -1.05. The van der Waals surface area contributed by atoms with Gasteiger partial charge in [-0.1, -0.05) is 45.7 Å². The van der Waals surface area contributed by atoms with Gasteiger partial charge < -0.3 is 15.4 Å². The first-order chi connectivity index (χ1) is 15.4. The molecule has 1 fully saturated rings. The summed E-state index contributed by atoms with van der Waals surface area (Å²) < 4.78 is 7.50. The molecule has 2 aliphatic heterocycles. The Hall–Kier alpha value is -2.61. The highest BCUT2D eigenvalue weighted by molar-refractivity contribution is 9.10. The lowest BCUT2D eigenvalue weighted by molar-refractivity contribution is -0.130. The third-order valence-corrected chi connectivity index (χ3v) is 6.97. The number of anilines is 2. The van der Waals surface area contributed by atoms with Gasteiger partial charge in [0.05, 0.1) is 6.04 Å². The zero-order valence-electron chi connectivity index (χ0n) is 17.0. The Labute approximate surface area is 204 Å². The van der Waals surface area contributed by atoms with Crippen molar-refractivity contribution in [1.29, 1.82) is 0 Å². The molecule has 0 aromatic heterocycles. The van der Waals surface area contributed by atoms with Gasteiger partial charge in [-0.05, 0) is 73.7 Å². The first kappa shape index (κ1) is 21.2. The highest BCUT2D eigenvalue weighted by atomic mass is 79.9. The number of ether oxygens (including phenoxy) is 1. The average molecular weight is 529 g/mol. The summed E-state index contributed by atoms with van der Waals surface area (Å²) in [6.07, 6.45) is 0. The number of hydrogen-bond donors (Lipinski definition) is 2. The number of amides is 1. The average Bonchev–Trinajstić information content (AvgIpc) is 2.76. The van der Waals surface area contributed by atoms with E-state index in [1.807, 2.05) is 60.4 Å². The monoisotopic (exact) mass is 527 g/mol. The summed E-state index contributed by atoms with van der Waals surface area (Å²) in [6.45, 7) is 1.91. The molecule has 0 saturated carbocycles. The van der Waals surface area contributed by atoms with Gasteiger partial charge in [-0.15, -0.1) is 0 Å². The molecule has 5 rings (SSSR count). The molecule has 5 nitrogen and oxygen atoms in total. The second kappa shape index (κ2) is 8.06. The number of carbonyl (C=O) groups excluding carboxylic acids is 1. The second-order valence-electron chi connectivity index (χ2n) is 7.91. The molecular weight excluding hydrogens is 510 g/mol. The van der Waals surface area contributed by atoms with Gasteiger partial charge >= 0.3 is 0 Å². The molecule has 3 unspecified atom stereocenters. The van der Waals surface area contributed by atoms with Crippen molar-refractivity contribution in [2.45, 2.75) is 18.7 Å². The van der Waals surface area contributed by atoms with Gasteiger partial charge in [0.25, 0.3) is 0 Å². The molecule has 1 amide bonds. The number of hydrogen-bond acceptors (Lipinski definition) is 3. The summed E-state index contributed by atoms with van der Waals surface area (Å²) in [5, 5.41) is 7.54. The van der Waals surface area contributed by atoms with Crippen molar-refractivity contribution in [2.75, 3.05) is 10.2 Å². The van der Waals surface area contributed by atoms with Crippen molar-refractivity contribution in [3.8, 4) is 5.75 Å². The molecule has 0 radical (unpaired) electrons. The molecule has 0 aliphatic carbocycles. The van der Waals surface area contributed by atoms with Crippen LogP contribution in [-0.2, 0) is 4.79 Å². The van der Waals surface area contributed by atoms with Crippen molar-refractivity contribution >= 4 is 62.1 Å². The quantitative estimate of drug-likeness (QED) is 0.415. The minimum Gasteiger partial charge on any atom is -0.467 e. The SMILES string of the molecule is CC12Oc3ccccc3C(NC(=S)N1c1ccc(Br)cc1)C2C(=O)Nc1ccc(Cl)cc1. The van der Waals surface area contributed by atoms with E-state index < -0.39 is 11.6 Å². The molecule has 8 heteroatoms. The Balaban J connectivity index is 1.60. The van der Waals surface area contributed by atoms with Crippen molar-refractivity contribution in [2.24, 2.45) is 5.92 Å². The maximum atomic E-state index is 13.7. The lowest BCUT2D eigenvalue weighted by atomic mass is 9.78. The number of carbonyl (C=O) groups is 1. The zero-order chi connectivity index (χ0) is 22.5. The highest BCUT2D eigenvalue weighted by Gasteiger charge is 2.59. The molecular formula is C24H19BrClN3O2S. The lowest BCUT2D eigenvalue weighted by Crippen LogP contribution is -2.72. The van der Waals surface area contributed by atoms with Crippen LogP contribution in [0.15, 0.2) is 77.3 Å². The third-order valence-electron chi connectivity index (χ3n) is 5.89. The van der Waals surface area contributed by atoms with E-state index in [1.165, 1.54) is 0 Å². The molecule has 3 atom stereocenters. The minimum absolute atomic E-state index is 0.175. The van der Waals surface area contributed by atoms with E-state index in [4.69, 9.17) is 28.6 Å². The predicted molar refractivity (Wildman–Crippen MR) is 134 cm³/mol. The third kappa shape index (κ3) is 3.54. The first-order valence-corrected chi connectivity index (χ1v) is 11.7. The summed E-state index contributed by atoms with van der Waals surface area (Å²) in [6, 6.07) is 22.2. The van der Waals surface area contributed by atoms with Gasteiger partial charge in [0.2, 0.25) is 5.91 Å². The Morgan fingerprint density at radius 3 is 2.53 bits per heavy atom. The van der Waals surface area contributed by atoms with Crippen molar-refractivity contribution in [3.63, 3.8) is 0 Å². The smallest absolute Gasteiger partial charge is 0.236 e. The van der Waals surface area contributed by atoms with Gasteiger partial charge in [-0.2, -0.15) is 0 Å². The number of rotatable bonds is 3. The lowest BCUT2D eigenvalue weighted by Gasteiger charge is -2.56. The first-order valence-electron chi connectivity index (χ1n) is 10.1. The van der Waals surface area contributed by atoms with Crippen LogP contribution >= 0.6 is 39.7 Å². The molecule has 162 valence electrons. The second-order valence-corrected chi connectivity index (χ2v) is 9.65. The van der Waals surface area contributed by atoms with Crippen molar-refractivity contribution in [3.05, 3.63) is 87.9 Å². The summed E-state index contributed by atoms with van der Waals surface area (Å²) in [7, 11) is 0. The largest absolute Gasteiger partial charge is 0.467 e. The fourth-order valence-electron chi connectivity index (χ4n) is 4.46. The molecule has 2 bridgehead atoms. The Morgan fingerprint density at radius 2 is 1.81 bits per heavy atom. The Bertz CT molecular complexity index is 1200. The fraction of sp³-hybridized carbons (Fsp3) is 0.167. The van der Waals surface area contributed by atoms with Gasteiger partial charge in [0.1, 0.15) is 11.7 Å². The van der Waals surface area contributed by atoms with Crippen LogP contribution in [0.5, 0.6) is 5.75 Å². The van der Waals surface area contributed by atoms with E-state index in [-0.39, 0.29) is 11.9 Å². The van der Waals surface area contributed by atoms with Crippen LogP contribution in [0.25, 0.3) is 0 Å². The van der Waals surface area contributed by atoms with Crippen LogP contribution in [0.3, 0.4) is 0 Å². The molecule has 3 aromatic rings. The number of benzene rings is 3. The van der Waals surface area contributed by atoms with Crippen LogP contribution in [0.4, 0.5) is 11.4 Å². The maximum absolute atomic E-state index is 13.7. The fourth-order valence-corrected chi connectivity index (χ4v) is 5.27. The van der Waals surface area contributed by atoms with E-state index >= 15 is 0 Å². The van der Waals surface area contributed by atoms with Crippen LogP contribution in [0.2, 0.25) is 5.02 Å². The number of halogens is 2. The molecule has 0 spiro atoms. The van der Waals surface area contributed by atoms with E-state index in [0.29, 0.717) is 15.8 Å². The Kier molecular flexibility index (Phi) is 5.35. The van der Waals surface area contributed by atoms with Crippen LogP contribution in [-0.4, -0.2) is 16.7 Å². The molecule has 3 aromatic carbocycles. The standard InChI is InChI=1S/C24H19BrClN3O2S/c1-24-20(22(30)27-16-10-8-15(26)9-11-16)21(18-4-2-3-5-19(18)31-24)28-23(32)29(24)17-12-6-14(25)7-13-17/h2-13,20-21H,1H3,(H,27,30)(H,28,32). The van der Waals surface area contributed by atoms with Gasteiger partial charge in [0, 0.05) is 26.4 Å². The summed E-state index contributed by atoms with van der Waals surface area (Å²) in [5.41, 5.74) is 1.35. The molecule has 1 saturated heterocycles. The van der Waals surface area contributed by atoms with Crippen LogP contribution in [0.1, 0.15) is 18.5 Å². The zero-order valence-corrected chi connectivity index (χ0v) is 20.2. The summed E-state index contributed by atoms with van der Waals surface area (Å²) >= 11 is 15.2. The number of nitrogens with zero attached hydrogens (tertiary/aromatic N) is 1. The van der Waals surface area contributed by atoms with Crippen molar-refractivity contribution < 1.29 is 9.53 Å². The summed E-state index contributed by atoms with van der Waals surface area (Å²) in [4.78, 5) is 15.6. The van der Waals surface area contributed by atoms with E-state index in [9.17, 15) is 4.79 Å². The number of fused-ring (bicyclic) bond motifs is 4. The molecule has 32 heavy (non-hydrogen) atoms. The Morgan fingerprint density at radius 1 is 1.12 bits per heavy atom. The van der Waals surface area contributed by atoms with E-state index in [2.05, 4.69) is 26.6 Å². The number of nitrogens with one attached hydrogen (secondary N) is 2. The summed E-state index contributed by atoms with van der Waals surface area (Å²) in [5.74, 6) is -0.0393. The molecule has 2 heterocycles. The van der Waals surface area contributed by atoms with Crippen LogP contribution in [0, 0.1) is 5.92 Å². The topological polar surface area (TPSA) is 53.6 Å². The predicted octanol–water partition coefficient (Wildman–Crippen LogP) is 5.90. The van der Waals surface area contributed by atoms with Gasteiger partial charge in [-0.25, -0.2) is 0 Å². The van der Waals surface area contributed by atoms with Crippen molar-refractivity contribution in [1.82, 2.24) is 5.32 Å². The number of thiocarbonyl (C=S) groups is 1. The van der Waals surface area contributed by atoms with E-state index in [0.717, 1.165) is 21.5 Å². The van der Waals surface area contributed by atoms with Gasteiger partial charge in [-0.3, -0.25) is 9.69 Å². The normalized spacial score (nSPS) is 23.6. The highest BCUT2D eigenvalue weighted by Crippen LogP contribution is 2.49. The van der Waals surface area contributed by atoms with Crippen LogP contribution < -0.4 is 20.3 Å². The molecule has 2 N–H and O–H groups in total. The van der Waals surface area contributed by atoms with E-state index in [1.54, 1.807) is 24.3 Å². The van der Waals surface area contributed by atoms with Gasteiger partial charge in [0.15, 0.2) is 10.8 Å². The molecule has 2 aliphatic rings.